The number of carbonyl (C=O) groups is 4. The summed E-state index contributed by atoms with van der Waals surface area (Å²) >= 11 is 3.81. The number of nitrogens with two attached hydrogens (primary N) is 1. The number of hydrogen-bond acceptors (Lipinski definition) is 8. The van der Waals surface area contributed by atoms with Crippen molar-refractivity contribution in [1.29, 1.82) is 0 Å². The maximum atomic E-state index is 12.4. The molecule has 1 fully saturated rings. The summed E-state index contributed by atoms with van der Waals surface area (Å²) in [6.07, 6.45) is 0.878. The van der Waals surface area contributed by atoms with Crippen LogP contribution in [0.1, 0.15) is 12.8 Å². The van der Waals surface area contributed by atoms with Crippen molar-refractivity contribution in [2.75, 3.05) is 25.5 Å². The second-order valence-electron chi connectivity index (χ2n) is 5.80. The van der Waals surface area contributed by atoms with Gasteiger partial charge in [-0.05, 0) is 12.8 Å². The number of hydrogen-bond donors (Lipinski definition) is 7. The van der Waals surface area contributed by atoms with Crippen LogP contribution in [-0.2, 0) is 19.2 Å². The lowest BCUT2D eigenvalue weighted by Crippen LogP contribution is -2.58. The lowest BCUT2D eigenvalue weighted by Gasteiger charge is -2.27. The van der Waals surface area contributed by atoms with E-state index in [4.69, 9.17) is 15.9 Å². The summed E-state index contributed by atoms with van der Waals surface area (Å²) in [5.74, 6) is -3.62. The average molecular weight is 392 g/mol. The zero-order valence-corrected chi connectivity index (χ0v) is 14.9. The van der Waals surface area contributed by atoms with Crippen LogP contribution in [0.25, 0.3) is 0 Å². The van der Waals surface area contributed by atoms with Crippen LogP contribution in [0.5, 0.6) is 0 Å². The molecule has 1 heterocycles. The standard InChI is InChI=1S/C14H24N4O7S/c15-7(4-19)13(23)18-3-1-2-10(18)12(22)16-8(5-20)11(21)17-9(6-26)14(24)25/h7-10,19-20,26H,1-6,15H2,(H,16,22)(H,17,21)(H,24,25). The number of carboxylic acids is 1. The second-order valence-corrected chi connectivity index (χ2v) is 6.17. The average Bonchev–Trinajstić information content (AvgIpc) is 3.11. The molecule has 0 aliphatic carbocycles. The van der Waals surface area contributed by atoms with E-state index in [2.05, 4.69) is 23.3 Å². The minimum absolute atomic E-state index is 0.170. The predicted octanol–water partition coefficient (Wildman–Crippen LogP) is -3.73. The topological polar surface area (TPSA) is 182 Å². The summed E-state index contributed by atoms with van der Waals surface area (Å²) in [6.45, 7) is -1.04. The van der Waals surface area contributed by atoms with Crippen LogP contribution >= 0.6 is 12.6 Å². The molecule has 1 rings (SSSR count). The van der Waals surface area contributed by atoms with Crippen molar-refractivity contribution in [2.45, 2.75) is 37.0 Å². The smallest absolute Gasteiger partial charge is 0.327 e. The zero-order chi connectivity index (χ0) is 19.9. The van der Waals surface area contributed by atoms with E-state index in [9.17, 15) is 24.3 Å². The van der Waals surface area contributed by atoms with Crippen molar-refractivity contribution in [3.8, 4) is 0 Å². The van der Waals surface area contributed by atoms with E-state index in [1.165, 1.54) is 4.90 Å². The summed E-state index contributed by atoms with van der Waals surface area (Å²) in [7, 11) is 0. The fourth-order valence-electron chi connectivity index (χ4n) is 2.51. The molecule has 0 spiro atoms. The van der Waals surface area contributed by atoms with E-state index in [1.807, 2.05) is 0 Å². The highest BCUT2D eigenvalue weighted by molar-refractivity contribution is 7.80. The van der Waals surface area contributed by atoms with Crippen molar-refractivity contribution in [3.05, 3.63) is 0 Å². The normalized spacial score (nSPS) is 20.2. The maximum absolute atomic E-state index is 12.4. The van der Waals surface area contributed by atoms with Gasteiger partial charge in [0.2, 0.25) is 17.7 Å². The van der Waals surface area contributed by atoms with Crippen LogP contribution in [0, 0.1) is 0 Å². The lowest BCUT2D eigenvalue weighted by molar-refractivity contribution is -0.143. The molecule has 0 radical (unpaired) electrons. The van der Waals surface area contributed by atoms with Crippen molar-refractivity contribution in [3.63, 3.8) is 0 Å². The zero-order valence-electron chi connectivity index (χ0n) is 14.0. The van der Waals surface area contributed by atoms with Crippen LogP contribution in [0.4, 0.5) is 0 Å². The van der Waals surface area contributed by atoms with Crippen molar-refractivity contribution in [2.24, 2.45) is 5.73 Å². The van der Waals surface area contributed by atoms with Crippen LogP contribution < -0.4 is 16.4 Å². The molecule has 0 aromatic heterocycles. The molecule has 26 heavy (non-hydrogen) atoms. The van der Waals surface area contributed by atoms with Crippen molar-refractivity contribution in [1.82, 2.24) is 15.5 Å². The van der Waals surface area contributed by atoms with E-state index < -0.39 is 61.1 Å². The molecule has 0 bridgehead atoms. The Labute approximate surface area is 155 Å². The van der Waals surface area contributed by atoms with E-state index in [0.29, 0.717) is 12.8 Å². The quantitative estimate of drug-likeness (QED) is 0.195. The van der Waals surface area contributed by atoms with Gasteiger partial charge < -0.3 is 36.6 Å². The van der Waals surface area contributed by atoms with Gasteiger partial charge in [-0.15, -0.1) is 0 Å². The Balaban J connectivity index is 2.74. The molecule has 1 aliphatic rings. The van der Waals surface area contributed by atoms with Gasteiger partial charge in [-0.25, -0.2) is 4.79 Å². The number of aliphatic hydroxyl groups excluding tert-OH is 2. The number of carbonyl (C=O) groups excluding carboxylic acids is 3. The first-order chi connectivity index (χ1) is 12.3. The van der Waals surface area contributed by atoms with E-state index in [-0.39, 0.29) is 12.3 Å². The summed E-state index contributed by atoms with van der Waals surface area (Å²) < 4.78 is 0. The van der Waals surface area contributed by atoms with Gasteiger partial charge in [-0.2, -0.15) is 12.6 Å². The third-order valence-electron chi connectivity index (χ3n) is 3.97. The summed E-state index contributed by atoms with van der Waals surface area (Å²) in [5.41, 5.74) is 5.49. The molecule has 4 atom stereocenters. The largest absolute Gasteiger partial charge is 0.480 e. The lowest BCUT2D eigenvalue weighted by atomic mass is 10.1. The van der Waals surface area contributed by atoms with Gasteiger partial charge in [-0.3, -0.25) is 14.4 Å². The highest BCUT2D eigenvalue weighted by Gasteiger charge is 2.37. The molecule has 11 nitrogen and oxygen atoms in total. The van der Waals surface area contributed by atoms with Gasteiger partial charge in [-0.1, -0.05) is 0 Å². The number of aliphatic carboxylic acids is 1. The molecule has 1 aliphatic heterocycles. The molecule has 4 unspecified atom stereocenters. The fraction of sp³-hybridized carbons (Fsp3) is 0.714. The molecule has 0 saturated carbocycles. The van der Waals surface area contributed by atoms with E-state index in [0.717, 1.165) is 0 Å². The summed E-state index contributed by atoms with van der Waals surface area (Å²) in [5, 5.41) is 31.7. The SMILES string of the molecule is NC(CO)C(=O)N1CCCC1C(=O)NC(CO)C(=O)NC(CS)C(=O)O. The third kappa shape index (κ3) is 5.56. The van der Waals surface area contributed by atoms with Gasteiger partial charge in [0.05, 0.1) is 13.2 Å². The Morgan fingerprint density at radius 1 is 1.15 bits per heavy atom. The van der Waals surface area contributed by atoms with Gasteiger partial charge in [0, 0.05) is 12.3 Å². The molecular weight excluding hydrogens is 368 g/mol. The van der Waals surface area contributed by atoms with Crippen LogP contribution in [-0.4, -0.2) is 93.6 Å². The number of nitrogens with zero attached hydrogens (tertiary/aromatic N) is 1. The van der Waals surface area contributed by atoms with Crippen LogP contribution in [0.2, 0.25) is 0 Å². The first-order valence-corrected chi connectivity index (χ1v) is 8.62. The van der Waals surface area contributed by atoms with Crippen LogP contribution in [0.3, 0.4) is 0 Å². The third-order valence-corrected chi connectivity index (χ3v) is 4.33. The number of aliphatic hydroxyl groups is 2. The molecule has 0 aromatic carbocycles. The van der Waals surface area contributed by atoms with Gasteiger partial charge in [0.15, 0.2) is 0 Å². The first-order valence-electron chi connectivity index (χ1n) is 7.99. The minimum atomic E-state index is -1.38. The van der Waals surface area contributed by atoms with Gasteiger partial charge in [0.1, 0.15) is 24.2 Å². The Morgan fingerprint density at radius 2 is 1.81 bits per heavy atom. The number of thiol groups is 1. The van der Waals surface area contributed by atoms with E-state index in [1.54, 1.807) is 0 Å². The molecule has 148 valence electrons. The summed E-state index contributed by atoms with van der Waals surface area (Å²) in [6, 6.07) is -4.69. The number of rotatable bonds is 9. The molecule has 7 N–H and O–H groups in total. The Morgan fingerprint density at radius 3 is 2.31 bits per heavy atom. The summed E-state index contributed by atoms with van der Waals surface area (Å²) in [4.78, 5) is 48.7. The Hall–Kier alpha value is -1.89. The molecule has 12 heteroatoms. The monoisotopic (exact) mass is 392 g/mol. The van der Waals surface area contributed by atoms with Crippen LogP contribution in [0.15, 0.2) is 0 Å². The Kier molecular flexibility index (Phi) is 8.78. The van der Waals surface area contributed by atoms with Crippen molar-refractivity contribution < 1.29 is 34.5 Å². The number of amides is 3. The predicted molar refractivity (Wildman–Crippen MR) is 92.2 cm³/mol. The molecule has 0 aromatic rings. The first kappa shape index (κ1) is 22.2. The van der Waals surface area contributed by atoms with Gasteiger partial charge in [0.25, 0.3) is 0 Å². The molecular formula is C14H24N4O7S. The highest BCUT2D eigenvalue weighted by atomic mass is 32.1. The van der Waals surface area contributed by atoms with E-state index >= 15 is 0 Å². The fourth-order valence-corrected chi connectivity index (χ4v) is 2.76. The minimum Gasteiger partial charge on any atom is -0.480 e. The number of likely N-dealkylation sites (tertiary alicyclic amines) is 1. The molecule has 3 amide bonds. The Bertz CT molecular complexity index is 547. The second kappa shape index (κ2) is 10.3. The number of carboxylic acid groups (broad SMARTS) is 1. The number of nitrogens with one attached hydrogen (secondary N) is 2. The van der Waals surface area contributed by atoms with Gasteiger partial charge >= 0.3 is 5.97 Å². The highest BCUT2D eigenvalue weighted by Crippen LogP contribution is 2.18. The van der Waals surface area contributed by atoms with Crippen molar-refractivity contribution >= 4 is 36.3 Å². The molecule has 1 saturated heterocycles. The maximum Gasteiger partial charge on any atom is 0.327 e.